The van der Waals surface area contributed by atoms with Crippen LogP contribution in [0.25, 0.3) is 0 Å². The van der Waals surface area contributed by atoms with Crippen LogP contribution in [0.3, 0.4) is 0 Å². The molecule has 21 heavy (non-hydrogen) atoms. The second-order valence-electron chi connectivity index (χ2n) is 5.53. The molecule has 122 valence electrons. The molecule has 0 saturated carbocycles. The molecule has 3 nitrogen and oxygen atoms in total. The predicted molar refractivity (Wildman–Crippen MR) is 92.1 cm³/mol. The Hall–Kier alpha value is -1.51. The molecule has 0 aromatic carbocycles. The fourth-order valence-electron chi connectivity index (χ4n) is 1.61. The van der Waals surface area contributed by atoms with Crippen LogP contribution in [0.5, 0.6) is 0 Å². The fourth-order valence-corrected chi connectivity index (χ4v) is 1.61. The highest BCUT2D eigenvalue weighted by Gasteiger charge is 2.32. The average molecular weight is 295 g/mol. The molecule has 0 unspecified atom stereocenters. The Morgan fingerprint density at radius 3 is 2.19 bits per heavy atom. The van der Waals surface area contributed by atoms with Gasteiger partial charge in [-0.2, -0.15) is 0 Å². The molecule has 0 spiro atoms. The summed E-state index contributed by atoms with van der Waals surface area (Å²) in [7, 11) is 1.81. The molecule has 0 rings (SSSR count). The molecule has 0 heterocycles. The minimum Gasteiger partial charge on any atom is -0.478 e. The number of ether oxygens (including phenoxy) is 1. The van der Waals surface area contributed by atoms with E-state index in [1.54, 1.807) is 44.0 Å². The summed E-state index contributed by atoms with van der Waals surface area (Å²) in [5.74, 6) is 1.08. The number of carbonyl (C=O) groups excluding carboxylic acids is 1. The van der Waals surface area contributed by atoms with Gasteiger partial charge in [-0.15, -0.1) is 0 Å². The van der Waals surface area contributed by atoms with Gasteiger partial charge < -0.3 is 9.64 Å². The monoisotopic (exact) mass is 295 g/mol. The maximum atomic E-state index is 12.3. The summed E-state index contributed by atoms with van der Waals surface area (Å²) >= 11 is 0. The van der Waals surface area contributed by atoms with Gasteiger partial charge in [0.2, 0.25) is 0 Å². The molecule has 3 heteroatoms. The van der Waals surface area contributed by atoms with E-state index in [-0.39, 0.29) is 5.91 Å². The van der Waals surface area contributed by atoms with E-state index in [1.807, 2.05) is 13.8 Å². The molecule has 0 aliphatic rings. The highest BCUT2D eigenvalue weighted by Crippen LogP contribution is 2.18. The lowest BCUT2D eigenvalue weighted by molar-refractivity contribution is -0.148. The van der Waals surface area contributed by atoms with Crippen LogP contribution in [0, 0.1) is 5.92 Å². The topological polar surface area (TPSA) is 29.5 Å². The van der Waals surface area contributed by atoms with Crippen molar-refractivity contribution < 1.29 is 9.53 Å². The first-order valence-electron chi connectivity index (χ1n) is 7.64. The second kappa shape index (κ2) is 11.2. The number of amides is 1. The van der Waals surface area contributed by atoms with Gasteiger partial charge >= 0.3 is 0 Å². The van der Waals surface area contributed by atoms with E-state index in [0.717, 1.165) is 13.0 Å². The molecule has 0 bridgehead atoms. The summed E-state index contributed by atoms with van der Waals surface area (Å²) in [4.78, 5) is 14.1. The number of hydrogen-bond acceptors (Lipinski definition) is 2. The maximum absolute atomic E-state index is 12.3. The maximum Gasteiger partial charge on any atom is 0.265 e. The van der Waals surface area contributed by atoms with E-state index in [4.69, 9.17) is 4.74 Å². The van der Waals surface area contributed by atoms with Gasteiger partial charge in [0.05, 0.1) is 0 Å². The van der Waals surface area contributed by atoms with Crippen molar-refractivity contribution in [2.45, 2.75) is 53.6 Å². The van der Waals surface area contributed by atoms with E-state index in [1.165, 1.54) is 0 Å². The number of allylic oxidation sites excluding steroid dienone is 3. The molecule has 0 aromatic heterocycles. The molecule has 0 radical (unpaired) electrons. The van der Waals surface area contributed by atoms with Crippen LogP contribution >= 0.6 is 0 Å². The van der Waals surface area contributed by atoms with Gasteiger partial charge in [0.1, 0.15) is 5.76 Å². The standard InChI is InChI=1S/C16H27NO2.C2H6/c1-8-10-14(9-2)19-16(5,6)15(18)17(7)12-11-13(3)4;1-2/h8-10,13H,1-2,11-12H2,3-7H3;1-2H3/b14-10+;. The first-order valence-corrected chi connectivity index (χ1v) is 7.64. The van der Waals surface area contributed by atoms with Crippen molar-refractivity contribution in [3.05, 3.63) is 37.1 Å². The Kier molecular flexibility index (Phi) is 11.6. The zero-order valence-corrected chi connectivity index (χ0v) is 14.9. The lowest BCUT2D eigenvalue weighted by Crippen LogP contribution is -2.45. The molecular weight excluding hydrogens is 262 g/mol. The number of hydrogen-bond donors (Lipinski definition) is 0. The molecule has 0 N–H and O–H groups in total. The smallest absolute Gasteiger partial charge is 0.265 e. The molecule has 1 amide bonds. The molecule has 0 fully saturated rings. The summed E-state index contributed by atoms with van der Waals surface area (Å²) in [6.07, 6.45) is 5.86. The third kappa shape index (κ3) is 9.11. The van der Waals surface area contributed by atoms with E-state index in [9.17, 15) is 4.79 Å². The van der Waals surface area contributed by atoms with Crippen LogP contribution in [0.15, 0.2) is 37.1 Å². The van der Waals surface area contributed by atoms with Crippen LogP contribution in [0.1, 0.15) is 48.0 Å². The van der Waals surface area contributed by atoms with E-state index < -0.39 is 5.60 Å². The van der Waals surface area contributed by atoms with E-state index >= 15 is 0 Å². The van der Waals surface area contributed by atoms with Crippen molar-refractivity contribution in [1.29, 1.82) is 0 Å². The SMILES string of the molecule is C=C/C=C(\C=C)OC(C)(C)C(=O)N(C)CCC(C)C.CC. The van der Waals surface area contributed by atoms with Gasteiger partial charge in [0, 0.05) is 13.6 Å². The van der Waals surface area contributed by atoms with Crippen molar-refractivity contribution in [1.82, 2.24) is 4.90 Å². The van der Waals surface area contributed by atoms with Crippen LogP contribution in [-0.4, -0.2) is 30.0 Å². The van der Waals surface area contributed by atoms with Crippen molar-refractivity contribution in [2.75, 3.05) is 13.6 Å². The van der Waals surface area contributed by atoms with Gasteiger partial charge in [-0.25, -0.2) is 0 Å². The number of likely N-dealkylation sites (N-methyl/N-ethyl adjacent to an activating group) is 1. The fraction of sp³-hybridized carbons (Fsp3) is 0.611. The summed E-state index contributed by atoms with van der Waals surface area (Å²) in [6, 6.07) is 0. The normalized spacial score (nSPS) is 11.3. The Labute approximate surface area is 131 Å². The predicted octanol–water partition coefficient (Wildman–Crippen LogP) is 4.57. The Morgan fingerprint density at radius 2 is 1.81 bits per heavy atom. The lowest BCUT2D eigenvalue weighted by Gasteiger charge is -2.30. The minimum atomic E-state index is -0.908. The lowest BCUT2D eigenvalue weighted by atomic mass is 10.1. The van der Waals surface area contributed by atoms with Crippen LogP contribution in [-0.2, 0) is 9.53 Å². The Morgan fingerprint density at radius 1 is 1.29 bits per heavy atom. The first-order chi connectivity index (χ1) is 9.74. The summed E-state index contributed by atoms with van der Waals surface area (Å²) < 4.78 is 5.70. The van der Waals surface area contributed by atoms with Crippen molar-refractivity contribution >= 4 is 5.91 Å². The second-order valence-corrected chi connectivity index (χ2v) is 5.53. The molecular formula is C18H33NO2. The first kappa shape index (κ1) is 21.8. The van der Waals surface area contributed by atoms with Gasteiger partial charge in [-0.3, -0.25) is 4.79 Å². The molecule has 0 saturated heterocycles. The third-order valence-corrected chi connectivity index (χ3v) is 2.76. The molecule has 0 aliphatic heterocycles. The van der Waals surface area contributed by atoms with E-state index in [0.29, 0.717) is 11.7 Å². The average Bonchev–Trinajstić information content (AvgIpc) is 2.45. The van der Waals surface area contributed by atoms with Crippen LogP contribution in [0.2, 0.25) is 0 Å². The van der Waals surface area contributed by atoms with Crippen molar-refractivity contribution in [2.24, 2.45) is 5.92 Å². The highest BCUT2D eigenvalue weighted by atomic mass is 16.5. The van der Waals surface area contributed by atoms with Gasteiger partial charge in [0.15, 0.2) is 5.60 Å². The minimum absolute atomic E-state index is 0.0371. The van der Waals surface area contributed by atoms with Crippen LogP contribution in [0.4, 0.5) is 0 Å². The Balaban J connectivity index is 0. The number of carbonyl (C=O) groups is 1. The Bertz CT molecular complexity index is 354. The quantitative estimate of drug-likeness (QED) is 0.485. The summed E-state index contributed by atoms with van der Waals surface area (Å²) in [5, 5.41) is 0. The van der Waals surface area contributed by atoms with Gasteiger partial charge in [0.25, 0.3) is 5.91 Å². The third-order valence-electron chi connectivity index (χ3n) is 2.76. The molecule has 0 aromatic rings. The molecule has 0 atom stereocenters. The van der Waals surface area contributed by atoms with Gasteiger partial charge in [-0.05, 0) is 38.3 Å². The van der Waals surface area contributed by atoms with E-state index in [2.05, 4.69) is 27.0 Å². The summed E-state index contributed by atoms with van der Waals surface area (Å²) in [6.45, 7) is 19.8. The van der Waals surface area contributed by atoms with Crippen molar-refractivity contribution in [3.63, 3.8) is 0 Å². The van der Waals surface area contributed by atoms with Crippen molar-refractivity contribution in [3.8, 4) is 0 Å². The zero-order chi connectivity index (χ0) is 17.1. The highest BCUT2D eigenvalue weighted by molar-refractivity contribution is 5.84. The number of nitrogens with zero attached hydrogens (tertiary/aromatic N) is 1. The van der Waals surface area contributed by atoms with Gasteiger partial charge in [-0.1, -0.05) is 46.9 Å². The summed E-state index contributed by atoms with van der Waals surface area (Å²) in [5.41, 5.74) is -0.908. The zero-order valence-electron chi connectivity index (χ0n) is 14.9. The molecule has 0 aliphatic carbocycles. The largest absolute Gasteiger partial charge is 0.478 e. The van der Waals surface area contributed by atoms with Crippen LogP contribution < -0.4 is 0 Å². The number of rotatable bonds is 8.